The van der Waals surface area contributed by atoms with Crippen LogP contribution in [-0.2, 0) is 11.2 Å². The Kier molecular flexibility index (Phi) is 5.32. The summed E-state index contributed by atoms with van der Waals surface area (Å²) < 4.78 is 2.20. The number of aliphatic imine (C=N–C) groups is 1. The van der Waals surface area contributed by atoms with Gasteiger partial charge in [-0.2, -0.15) is 0 Å². The number of benzene rings is 1. The molecule has 4 rings (SSSR count). The fraction of sp³-hybridized carbons (Fsp3) is 0.476. The molecule has 148 valence electrons. The lowest BCUT2D eigenvalue weighted by Gasteiger charge is -2.39. The Labute approximate surface area is 166 Å². The summed E-state index contributed by atoms with van der Waals surface area (Å²) in [5.74, 6) is 1.67. The maximum absolute atomic E-state index is 12.3. The number of fused-ring (bicyclic) bond motifs is 1. The molecule has 2 unspecified atom stereocenters. The summed E-state index contributed by atoms with van der Waals surface area (Å²) >= 11 is 0. The van der Waals surface area contributed by atoms with E-state index in [2.05, 4.69) is 31.7 Å². The third-order valence-corrected chi connectivity index (χ3v) is 5.88. The van der Waals surface area contributed by atoms with Gasteiger partial charge in [-0.25, -0.2) is 4.98 Å². The topological polar surface area (TPSA) is 65.8 Å². The van der Waals surface area contributed by atoms with Crippen LogP contribution in [-0.4, -0.2) is 59.5 Å². The van der Waals surface area contributed by atoms with E-state index in [1.54, 1.807) is 0 Å². The highest BCUT2D eigenvalue weighted by molar-refractivity contribution is 6.01. The Hall–Kier alpha value is -2.83. The van der Waals surface area contributed by atoms with Gasteiger partial charge in [0.05, 0.1) is 18.8 Å². The van der Waals surface area contributed by atoms with Crippen molar-refractivity contribution in [2.24, 2.45) is 10.9 Å². The molecule has 7 heteroatoms. The Morgan fingerprint density at radius 3 is 3.00 bits per heavy atom. The summed E-state index contributed by atoms with van der Waals surface area (Å²) in [5, 5.41) is 3.46. The number of carbonyl (C=O) groups excluding carboxylic acids is 1. The maximum atomic E-state index is 12.3. The number of guanidine groups is 1. The van der Waals surface area contributed by atoms with Crippen molar-refractivity contribution in [3.05, 3.63) is 48.5 Å². The molecule has 1 amide bonds. The second-order valence-electron chi connectivity index (χ2n) is 7.61. The van der Waals surface area contributed by atoms with E-state index in [-0.39, 0.29) is 5.91 Å². The molecular weight excluding hydrogens is 352 g/mol. The Balaban J connectivity index is 1.36. The zero-order valence-electron chi connectivity index (χ0n) is 16.6. The standard InChI is InChI=1S/C21H28N6O/c1-16-7-10-25(14-19(16)26-11-8-23-15-26)21(22-2)24-9-12-27-18-6-4-3-5-17(18)13-20(27)28/h3-6,8,11,15-16,19H,7,9-10,12-14H2,1-2H3,(H,22,24). The van der Waals surface area contributed by atoms with Crippen molar-refractivity contribution in [2.45, 2.75) is 25.8 Å². The van der Waals surface area contributed by atoms with Gasteiger partial charge in [-0.3, -0.25) is 9.79 Å². The van der Waals surface area contributed by atoms with Crippen LogP contribution in [0.15, 0.2) is 48.0 Å². The molecule has 0 spiro atoms. The molecule has 1 saturated heterocycles. The van der Waals surface area contributed by atoms with Crippen LogP contribution >= 0.6 is 0 Å². The summed E-state index contributed by atoms with van der Waals surface area (Å²) in [7, 11) is 1.82. The van der Waals surface area contributed by atoms with Crippen LogP contribution in [0.2, 0.25) is 0 Å². The van der Waals surface area contributed by atoms with Gasteiger partial charge in [-0.15, -0.1) is 0 Å². The molecule has 1 fully saturated rings. The van der Waals surface area contributed by atoms with Crippen LogP contribution in [0.3, 0.4) is 0 Å². The van der Waals surface area contributed by atoms with Gasteiger partial charge in [0.25, 0.3) is 0 Å². The van der Waals surface area contributed by atoms with Gasteiger partial charge in [-0.1, -0.05) is 25.1 Å². The SMILES string of the molecule is CN=C(NCCN1C(=O)Cc2ccccc21)N1CCC(C)C(n2ccnc2)C1. The summed E-state index contributed by atoms with van der Waals surface area (Å²) in [6, 6.07) is 8.43. The Morgan fingerprint density at radius 2 is 2.21 bits per heavy atom. The number of nitrogens with one attached hydrogen (secondary N) is 1. The minimum atomic E-state index is 0.171. The zero-order valence-corrected chi connectivity index (χ0v) is 16.6. The van der Waals surface area contributed by atoms with Gasteiger partial charge < -0.3 is 19.7 Å². The van der Waals surface area contributed by atoms with Gasteiger partial charge >= 0.3 is 0 Å². The van der Waals surface area contributed by atoms with E-state index in [4.69, 9.17) is 0 Å². The molecule has 0 radical (unpaired) electrons. The van der Waals surface area contributed by atoms with Crippen molar-refractivity contribution >= 4 is 17.6 Å². The molecule has 7 nitrogen and oxygen atoms in total. The van der Waals surface area contributed by atoms with Crippen LogP contribution in [0.1, 0.15) is 24.9 Å². The number of anilines is 1. The molecule has 0 saturated carbocycles. The van der Waals surface area contributed by atoms with Crippen LogP contribution in [0, 0.1) is 5.92 Å². The van der Waals surface area contributed by atoms with E-state index in [0.717, 1.165) is 36.7 Å². The van der Waals surface area contributed by atoms with E-state index >= 15 is 0 Å². The van der Waals surface area contributed by atoms with E-state index < -0.39 is 0 Å². The predicted octanol–water partition coefficient (Wildman–Crippen LogP) is 1.93. The van der Waals surface area contributed by atoms with E-state index in [1.165, 1.54) is 0 Å². The molecule has 28 heavy (non-hydrogen) atoms. The minimum Gasteiger partial charge on any atom is -0.354 e. The highest BCUT2D eigenvalue weighted by Gasteiger charge is 2.29. The van der Waals surface area contributed by atoms with Gasteiger partial charge in [-0.05, 0) is 24.0 Å². The number of amides is 1. The number of para-hydroxylation sites is 1. The molecule has 0 bridgehead atoms. The van der Waals surface area contributed by atoms with Gasteiger partial charge in [0, 0.05) is 51.3 Å². The second-order valence-corrected chi connectivity index (χ2v) is 7.61. The average molecular weight is 380 g/mol. The number of hydrogen-bond donors (Lipinski definition) is 1. The lowest BCUT2D eigenvalue weighted by Crippen LogP contribution is -2.50. The molecule has 1 N–H and O–H groups in total. The number of piperidine rings is 1. The number of likely N-dealkylation sites (tertiary alicyclic amines) is 1. The third kappa shape index (κ3) is 3.61. The summed E-state index contributed by atoms with van der Waals surface area (Å²) in [5.41, 5.74) is 2.15. The molecule has 3 heterocycles. The number of hydrogen-bond acceptors (Lipinski definition) is 3. The van der Waals surface area contributed by atoms with Crippen LogP contribution in [0.4, 0.5) is 5.69 Å². The first-order valence-corrected chi connectivity index (χ1v) is 9.98. The van der Waals surface area contributed by atoms with Crippen LogP contribution in [0.5, 0.6) is 0 Å². The molecular formula is C21H28N6O. The van der Waals surface area contributed by atoms with Crippen LogP contribution < -0.4 is 10.2 Å². The second kappa shape index (κ2) is 8.04. The number of rotatable bonds is 4. The quantitative estimate of drug-likeness (QED) is 0.650. The first-order chi connectivity index (χ1) is 13.7. The Morgan fingerprint density at radius 1 is 1.36 bits per heavy atom. The van der Waals surface area contributed by atoms with Crippen molar-refractivity contribution in [3.8, 4) is 0 Å². The molecule has 2 aliphatic rings. The van der Waals surface area contributed by atoms with Crippen molar-refractivity contribution in [1.82, 2.24) is 19.8 Å². The van der Waals surface area contributed by atoms with E-state index in [0.29, 0.717) is 31.5 Å². The number of carbonyl (C=O) groups is 1. The molecule has 1 aromatic heterocycles. The maximum Gasteiger partial charge on any atom is 0.231 e. The van der Waals surface area contributed by atoms with Gasteiger partial charge in [0.2, 0.25) is 5.91 Å². The molecule has 0 aliphatic carbocycles. The monoisotopic (exact) mass is 380 g/mol. The zero-order chi connectivity index (χ0) is 19.5. The number of nitrogens with zero attached hydrogens (tertiary/aromatic N) is 5. The largest absolute Gasteiger partial charge is 0.354 e. The highest BCUT2D eigenvalue weighted by Crippen LogP contribution is 2.28. The van der Waals surface area contributed by atoms with Crippen molar-refractivity contribution in [3.63, 3.8) is 0 Å². The predicted molar refractivity (Wildman–Crippen MR) is 110 cm³/mol. The first-order valence-electron chi connectivity index (χ1n) is 9.98. The fourth-order valence-electron chi connectivity index (χ4n) is 4.27. The molecule has 2 atom stereocenters. The molecule has 2 aliphatic heterocycles. The fourth-order valence-corrected chi connectivity index (χ4v) is 4.27. The summed E-state index contributed by atoms with van der Waals surface area (Å²) in [4.78, 5) is 25.2. The van der Waals surface area contributed by atoms with Crippen LogP contribution in [0.25, 0.3) is 0 Å². The smallest absolute Gasteiger partial charge is 0.231 e. The average Bonchev–Trinajstić information content (AvgIpc) is 3.34. The minimum absolute atomic E-state index is 0.171. The number of imidazole rings is 1. The van der Waals surface area contributed by atoms with Gasteiger partial charge in [0.15, 0.2) is 5.96 Å². The summed E-state index contributed by atoms with van der Waals surface area (Å²) in [6.07, 6.45) is 7.39. The van der Waals surface area contributed by atoms with E-state index in [1.807, 2.05) is 54.9 Å². The highest BCUT2D eigenvalue weighted by atomic mass is 16.2. The van der Waals surface area contributed by atoms with E-state index in [9.17, 15) is 4.79 Å². The Bertz CT molecular complexity index is 846. The van der Waals surface area contributed by atoms with Crippen molar-refractivity contribution in [2.75, 3.05) is 38.1 Å². The third-order valence-electron chi connectivity index (χ3n) is 5.88. The van der Waals surface area contributed by atoms with Gasteiger partial charge in [0.1, 0.15) is 0 Å². The first kappa shape index (κ1) is 18.5. The lowest BCUT2D eigenvalue weighted by atomic mass is 9.93. The van der Waals surface area contributed by atoms with Crippen molar-refractivity contribution in [1.29, 1.82) is 0 Å². The normalized spacial score (nSPS) is 22.5. The number of aromatic nitrogens is 2. The molecule has 2 aromatic rings. The summed E-state index contributed by atoms with van der Waals surface area (Å²) in [6.45, 7) is 5.51. The molecule has 1 aromatic carbocycles. The van der Waals surface area contributed by atoms with Crippen molar-refractivity contribution < 1.29 is 4.79 Å². The lowest BCUT2D eigenvalue weighted by molar-refractivity contribution is -0.117.